The molecule has 2 aromatic rings. The van der Waals surface area contributed by atoms with Gasteiger partial charge in [-0.15, -0.1) is 0 Å². The monoisotopic (exact) mass is 415 g/mol. The molecule has 0 saturated heterocycles. The van der Waals surface area contributed by atoms with Gasteiger partial charge < -0.3 is 29.0 Å². The second-order valence-corrected chi connectivity index (χ2v) is 5.89. The van der Waals surface area contributed by atoms with E-state index in [0.29, 0.717) is 34.2 Å². The molecular formula is C22H25NO7. The van der Waals surface area contributed by atoms with Gasteiger partial charge in [0.05, 0.1) is 27.9 Å². The minimum Gasteiger partial charge on any atom is -0.496 e. The highest BCUT2D eigenvalue weighted by molar-refractivity contribution is 6.02. The third-order valence-electron chi connectivity index (χ3n) is 3.91. The molecule has 0 heterocycles. The van der Waals surface area contributed by atoms with Gasteiger partial charge in [-0.05, 0) is 31.2 Å². The number of hydrogen-bond acceptors (Lipinski definition) is 7. The number of hydrogen-bond donors (Lipinski definition) is 1. The van der Waals surface area contributed by atoms with Crippen LogP contribution in [0.4, 0.5) is 5.69 Å². The van der Waals surface area contributed by atoms with Gasteiger partial charge in [0.1, 0.15) is 11.5 Å². The number of benzene rings is 2. The first-order valence-corrected chi connectivity index (χ1v) is 9.18. The maximum Gasteiger partial charge on any atom is 0.344 e. The Morgan fingerprint density at radius 1 is 0.967 bits per heavy atom. The number of nitrogens with one attached hydrogen (secondary N) is 1. The van der Waals surface area contributed by atoms with E-state index in [9.17, 15) is 9.59 Å². The highest BCUT2D eigenvalue weighted by atomic mass is 16.6. The second-order valence-electron chi connectivity index (χ2n) is 5.89. The summed E-state index contributed by atoms with van der Waals surface area (Å²) in [6.45, 7) is 1.80. The van der Waals surface area contributed by atoms with Crippen molar-refractivity contribution in [1.82, 2.24) is 0 Å². The zero-order valence-corrected chi connectivity index (χ0v) is 17.4. The summed E-state index contributed by atoms with van der Waals surface area (Å²) in [5.74, 6) is 1.20. The number of carbonyl (C=O) groups excluding carboxylic acids is 2. The van der Waals surface area contributed by atoms with Gasteiger partial charge >= 0.3 is 5.97 Å². The predicted molar refractivity (Wildman–Crippen MR) is 112 cm³/mol. The maximum absolute atomic E-state index is 12.3. The Balaban J connectivity index is 2.06. The molecule has 0 aromatic heterocycles. The summed E-state index contributed by atoms with van der Waals surface area (Å²) in [6.07, 6.45) is 2.98. The first-order valence-electron chi connectivity index (χ1n) is 9.18. The van der Waals surface area contributed by atoms with Crippen LogP contribution < -0.4 is 24.3 Å². The third kappa shape index (κ3) is 6.44. The van der Waals surface area contributed by atoms with Crippen molar-refractivity contribution >= 4 is 23.6 Å². The maximum atomic E-state index is 12.3. The molecule has 0 fully saturated rings. The third-order valence-corrected chi connectivity index (χ3v) is 3.91. The van der Waals surface area contributed by atoms with Gasteiger partial charge in [0.2, 0.25) is 5.91 Å². The van der Waals surface area contributed by atoms with Gasteiger partial charge in [-0.3, -0.25) is 4.79 Å². The molecule has 160 valence electrons. The summed E-state index contributed by atoms with van der Waals surface area (Å²) in [7, 11) is 4.59. The van der Waals surface area contributed by atoms with Crippen LogP contribution >= 0.6 is 0 Å². The summed E-state index contributed by atoms with van der Waals surface area (Å²) in [5, 5.41) is 2.74. The van der Waals surface area contributed by atoms with E-state index in [-0.39, 0.29) is 19.1 Å². The van der Waals surface area contributed by atoms with Crippen LogP contribution in [0.15, 0.2) is 42.5 Å². The van der Waals surface area contributed by atoms with Crippen molar-refractivity contribution < 1.29 is 33.3 Å². The molecule has 8 nitrogen and oxygen atoms in total. The van der Waals surface area contributed by atoms with E-state index >= 15 is 0 Å². The van der Waals surface area contributed by atoms with E-state index in [1.807, 2.05) is 0 Å². The number of anilines is 1. The smallest absolute Gasteiger partial charge is 0.344 e. The topological polar surface area (TPSA) is 92.3 Å². The molecule has 0 aliphatic carbocycles. The number of ether oxygens (including phenoxy) is 5. The lowest BCUT2D eigenvalue weighted by Crippen LogP contribution is -2.14. The zero-order valence-electron chi connectivity index (χ0n) is 17.4. The number of methoxy groups -OCH3 is 3. The molecule has 0 unspecified atom stereocenters. The molecule has 30 heavy (non-hydrogen) atoms. The average molecular weight is 415 g/mol. The van der Waals surface area contributed by atoms with Crippen molar-refractivity contribution in [3.8, 4) is 23.0 Å². The van der Waals surface area contributed by atoms with E-state index in [1.54, 1.807) is 49.4 Å². The van der Waals surface area contributed by atoms with Gasteiger partial charge in [0, 0.05) is 29.5 Å². The molecule has 1 amide bonds. The van der Waals surface area contributed by atoms with E-state index in [4.69, 9.17) is 23.7 Å². The molecule has 0 saturated carbocycles. The highest BCUT2D eigenvalue weighted by Gasteiger charge is 2.10. The fraction of sp³-hybridized carbons (Fsp3) is 0.273. The van der Waals surface area contributed by atoms with E-state index < -0.39 is 5.97 Å². The molecule has 2 aromatic carbocycles. The van der Waals surface area contributed by atoms with E-state index in [1.165, 1.54) is 27.4 Å². The van der Waals surface area contributed by atoms with E-state index in [0.717, 1.165) is 0 Å². The standard InChI is InChI=1S/C22H25NO7/c1-5-29-22(25)14-30-17-8-6-7-16(12-17)23-21(24)10-9-15-11-19(27-3)20(28-4)13-18(15)26-2/h6-13H,5,14H2,1-4H3,(H,23,24)/b10-9+. The molecule has 0 aliphatic rings. The van der Waals surface area contributed by atoms with Crippen molar-refractivity contribution in [2.24, 2.45) is 0 Å². The number of amides is 1. The first-order chi connectivity index (χ1) is 14.5. The Labute approximate surface area is 175 Å². The normalized spacial score (nSPS) is 10.4. The van der Waals surface area contributed by atoms with Gasteiger partial charge in [0.15, 0.2) is 18.1 Å². The van der Waals surface area contributed by atoms with Crippen molar-refractivity contribution in [1.29, 1.82) is 0 Å². The van der Waals surface area contributed by atoms with Gasteiger partial charge in [-0.1, -0.05) is 6.07 Å². The molecule has 0 atom stereocenters. The number of rotatable bonds is 10. The Hall–Kier alpha value is -3.68. The van der Waals surface area contributed by atoms with Crippen molar-refractivity contribution in [2.75, 3.05) is 39.9 Å². The lowest BCUT2D eigenvalue weighted by atomic mass is 10.1. The van der Waals surface area contributed by atoms with Crippen molar-refractivity contribution in [3.63, 3.8) is 0 Å². The molecule has 0 aliphatic heterocycles. The van der Waals surface area contributed by atoms with Crippen LogP contribution in [0.3, 0.4) is 0 Å². The van der Waals surface area contributed by atoms with Gasteiger partial charge in [0.25, 0.3) is 0 Å². The zero-order chi connectivity index (χ0) is 21.9. The molecule has 0 bridgehead atoms. The molecule has 0 spiro atoms. The lowest BCUT2D eigenvalue weighted by molar-refractivity contribution is -0.145. The summed E-state index contributed by atoms with van der Waals surface area (Å²) < 4.78 is 26.1. The summed E-state index contributed by atoms with van der Waals surface area (Å²) in [5.41, 5.74) is 1.17. The Kier molecular flexibility index (Phi) is 8.56. The SMILES string of the molecule is CCOC(=O)COc1cccc(NC(=O)/C=C/c2cc(OC)c(OC)cc2OC)c1. The van der Waals surface area contributed by atoms with Crippen LogP contribution in [0.25, 0.3) is 6.08 Å². The summed E-state index contributed by atoms with van der Waals surface area (Å²) in [4.78, 5) is 23.7. The van der Waals surface area contributed by atoms with Crippen LogP contribution in [0.2, 0.25) is 0 Å². The molecule has 8 heteroatoms. The quantitative estimate of drug-likeness (QED) is 0.470. The fourth-order valence-corrected chi connectivity index (χ4v) is 2.54. The van der Waals surface area contributed by atoms with Crippen LogP contribution in [0.5, 0.6) is 23.0 Å². The highest BCUT2D eigenvalue weighted by Crippen LogP contribution is 2.35. The molecule has 0 radical (unpaired) electrons. The van der Waals surface area contributed by atoms with Crippen LogP contribution in [0.1, 0.15) is 12.5 Å². The number of carbonyl (C=O) groups is 2. The molecule has 1 N–H and O–H groups in total. The minimum absolute atomic E-state index is 0.204. The van der Waals surface area contributed by atoms with Crippen LogP contribution in [0, 0.1) is 0 Å². The Bertz CT molecular complexity index is 908. The lowest BCUT2D eigenvalue weighted by Gasteiger charge is -2.12. The molecule has 2 rings (SSSR count). The Morgan fingerprint density at radius 3 is 2.33 bits per heavy atom. The minimum atomic E-state index is -0.460. The van der Waals surface area contributed by atoms with E-state index in [2.05, 4.69) is 5.32 Å². The summed E-state index contributed by atoms with van der Waals surface area (Å²) >= 11 is 0. The van der Waals surface area contributed by atoms with Crippen molar-refractivity contribution in [3.05, 3.63) is 48.0 Å². The predicted octanol–water partition coefficient (Wildman–Crippen LogP) is 3.31. The van der Waals surface area contributed by atoms with Crippen LogP contribution in [-0.4, -0.2) is 46.4 Å². The average Bonchev–Trinajstić information content (AvgIpc) is 2.76. The first kappa shape index (κ1) is 22.6. The Morgan fingerprint density at radius 2 is 1.67 bits per heavy atom. The van der Waals surface area contributed by atoms with Crippen LogP contribution in [-0.2, 0) is 14.3 Å². The molecular weight excluding hydrogens is 390 g/mol. The largest absolute Gasteiger partial charge is 0.496 e. The van der Waals surface area contributed by atoms with Gasteiger partial charge in [-0.25, -0.2) is 4.79 Å². The second kappa shape index (κ2) is 11.4. The fourth-order valence-electron chi connectivity index (χ4n) is 2.54. The number of esters is 1. The summed E-state index contributed by atoms with van der Waals surface area (Å²) in [6, 6.07) is 10.1. The van der Waals surface area contributed by atoms with Crippen molar-refractivity contribution in [2.45, 2.75) is 6.92 Å². The van der Waals surface area contributed by atoms with Gasteiger partial charge in [-0.2, -0.15) is 0 Å².